The zero-order chi connectivity index (χ0) is 18.5. The molecule has 2 aromatic carbocycles. The van der Waals surface area contributed by atoms with Gasteiger partial charge in [0.05, 0.1) is 17.1 Å². The lowest BCUT2D eigenvalue weighted by atomic mass is 9.97. The van der Waals surface area contributed by atoms with E-state index in [1.165, 1.54) is 47.0 Å². The van der Waals surface area contributed by atoms with Crippen LogP contribution in [0.3, 0.4) is 0 Å². The van der Waals surface area contributed by atoms with Gasteiger partial charge in [0.25, 0.3) is 0 Å². The van der Waals surface area contributed by atoms with Gasteiger partial charge in [-0.25, -0.2) is 0 Å². The van der Waals surface area contributed by atoms with E-state index in [1.54, 1.807) is 17.5 Å². The minimum Gasteiger partial charge on any atom is -0.288 e. The molecule has 6 rings (SSSR count). The third-order valence-electron chi connectivity index (χ3n) is 5.11. The van der Waals surface area contributed by atoms with Crippen LogP contribution in [0.15, 0.2) is 71.9 Å². The minimum atomic E-state index is 0.767. The van der Waals surface area contributed by atoms with Gasteiger partial charge in [0.2, 0.25) is 0 Å². The van der Waals surface area contributed by atoms with Gasteiger partial charge < -0.3 is 0 Å². The standard InChI is InChI=1S/C23H15N3S2/c1-2-4-20-14(3-1)11-23(28-20)17-10-15(9-16-12-24-13-18(16)17)21-5-6-22(27-21)19-7-8-25-26-19/h1-12H,13H2,(H,25,26). The molecule has 1 N–H and O–H groups in total. The number of benzene rings is 2. The summed E-state index contributed by atoms with van der Waals surface area (Å²) in [5.74, 6) is 0. The number of fused-ring (bicyclic) bond motifs is 2. The first-order valence-corrected chi connectivity index (χ1v) is 10.7. The van der Waals surface area contributed by atoms with E-state index < -0.39 is 0 Å². The average Bonchev–Trinajstić information content (AvgIpc) is 3.52. The van der Waals surface area contributed by atoms with Crippen molar-refractivity contribution in [1.29, 1.82) is 0 Å². The predicted molar refractivity (Wildman–Crippen MR) is 119 cm³/mol. The van der Waals surface area contributed by atoms with Crippen LogP contribution >= 0.6 is 22.7 Å². The number of H-pyrrole nitrogens is 1. The van der Waals surface area contributed by atoms with E-state index in [1.807, 2.05) is 23.6 Å². The van der Waals surface area contributed by atoms with Crippen molar-refractivity contribution in [2.45, 2.75) is 6.54 Å². The number of thiophene rings is 2. The summed E-state index contributed by atoms with van der Waals surface area (Å²) in [5.41, 5.74) is 6.18. The highest BCUT2D eigenvalue weighted by molar-refractivity contribution is 7.22. The normalized spacial score (nSPS) is 12.7. The third-order valence-corrected chi connectivity index (χ3v) is 7.43. The van der Waals surface area contributed by atoms with Crippen molar-refractivity contribution in [2.75, 3.05) is 0 Å². The Morgan fingerprint density at radius 2 is 1.79 bits per heavy atom. The molecule has 0 aliphatic carbocycles. The molecule has 5 aromatic rings. The first-order chi connectivity index (χ1) is 13.8. The Kier molecular flexibility index (Phi) is 3.57. The summed E-state index contributed by atoms with van der Waals surface area (Å²) in [5, 5.41) is 8.42. The smallest absolute Gasteiger partial charge is 0.0750 e. The Morgan fingerprint density at radius 3 is 2.68 bits per heavy atom. The highest BCUT2D eigenvalue weighted by Crippen LogP contribution is 2.41. The number of nitrogens with one attached hydrogen (secondary N) is 1. The van der Waals surface area contributed by atoms with Crippen LogP contribution in [0.25, 0.3) is 41.5 Å². The van der Waals surface area contributed by atoms with Gasteiger partial charge in [-0.2, -0.15) is 5.10 Å². The monoisotopic (exact) mass is 397 g/mol. The number of rotatable bonds is 3. The quantitative estimate of drug-likeness (QED) is 0.365. The van der Waals surface area contributed by atoms with Crippen LogP contribution in [0.5, 0.6) is 0 Å². The highest BCUT2D eigenvalue weighted by Gasteiger charge is 2.18. The second-order valence-electron chi connectivity index (χ2n) is 6.84. The predicted octanol–water partition coefficient (Wildman–Crippen LogP) is 6.62. The van der Waals surface area contributed by atoms with Gasteiger partial charge in [0.15, 0.2) is 0 Å². The molecule has 5 heteroatoms. The Hall–Kier alpha value is -3.02. The molecule has 0 bridgehead atoms. The van der Waals surface area contributed by atoms with Gasteiger partial charge in [0, 0.05) is 26.9 Å². The van der Waals surface area contributed by atoms with E-state index in [0.717, 1.165) is 12.2 Å². The number of hydrogen-bond acceptors (Lipinski definition) is 4. The molecule has 4 heterocycles. The summed E-state index contributed by atoms with van der Waals surface area (Å²) in [6.07, 6.45) is 3.80. The lowest BCUT2D eigenvalue weighted by molar-refractivity contribution is 1.10. The Morgan fingerprint density at radius 1 is 0.857 bits per heavy atom. The second-order valence-corrected chi connectivity index (χ2v) is 9.01. The fraction of sp³-hybridized carbons (Fsp3) is 0.0435. The van der Waals surface area contributed by atoms with Gasteiger partial charge >= 0.3 is 0 Å². The summed E-state index contributed by atoms with van der Waals surface area (Å²) < 4.78 is 1.33. The van der Waals surface area contributed by atoms with Crippen LogP contribution in [0.1, 0.15) is 11.1 Å². The van der Waals surface area contributed by atoms with Crippen LogP contribution in [0.2, 0.25) is 0 Å². The molecular formula is C23H15N3S2. The maximum atomic E-state index is 4.54. The molecule has 0 saturated carbocycles. The molecule has 28 heavy (non-hydrogen) atoms. The molecule has 0 spiro atoms. The second kappa shape index (κ2) is 6.26. The van der Waals surface area contributed by atoms with Crippen molar-refractivity contribution in [3.8, 4) is 31.5 Å². The number of nitrogens with zero attached hydrogens (tertiary/aromatic N) is 2. The zero-order valence-corrected chi connectivity index (χ0v) is 16.5. The van der Waals surface area contributed by atoms with E-state index in [2.05, 4.69) is 69.8 Å². The average molecular weight is 398 g/mol. The number of hydrogen-bond donors (Lipinski definition) is 1. The topological polar surface area (TPSA) is 41.0 Å². The largest absolute Gasteiger partial charge is 0.288 e. The SMILES string of the molecule is C1=NCc2c1cc(-c1ccc(-c3ccn[nH]3)s1)cc2-c1cc2ccccc2s1. The minimum absolute atomic E-state index is 0.767. The van der Waals surface area contributed by atoms with Crippen LogP contribution in [-0.4, -0.2) is 16.4 Å². The fourth-order valence-corrected chi connectivity index (χ4v) is 5.80. The van der Waals surface area contributed by atoms with Gasteiger partial charge in [-0.15, -0.1) is 22.7 Å². The molecule has 0 atom stereocenters. The molecule has 1 aliphatic heterocycles. The first kappa shape index (κ1) is 16.0. The summed E-state index contributed by atoms with van der Waals surface area (Å²) in [6, 6.07) is 21.9. The molecular weight excluding hydrogens is 382 g/mol. The van der Waals surface area contributed by atoms with Crippen molar-refractivity contribution in [3.63, 3.8) is 0 Å². The number of aromatic amines is 1. The first-order valence-electron chi connectivity index (χ1n) is 9.11. The lowest BCUT2D eigenvalue weighted by Gasteiger charge is -2.09. The Labute approximate surface area is 170 Å². The molecule has 3 aromatic heterocycles. The molecule has 0 radical (unpaired) electrons. The maximum absolute atomic E-state index is 4.54. The van der Waals surface area contributed by atoms with Crippen LogP contribution < -0.4 is 0 Å². The molecule has 1 aliphatic rings. The van der Waals surface area contributed by atoms with E-state index >= 15 is 0 Å². The van der Waals surface area contributed by atoms with E-state index in [-0.39, 0.29) is 0 Å². The Balaban J connectivity index is 1.51. The van der Waals surface area contributed by atoms with E-state index in [4.69, 9.17) is 0 Å². The van der Waals surface area contributed by atoms with Crippen molar-refractivity contribution in [3.05, 3.63) is 78.0 Å². The number of aromatic nitrogens is 2. The molecule has 0 saturated heterocycles. The van der Waals surface area contributed by atoms with Crippen LogP contribution in [0, 0.1) is 0 Å². The molecule has 134 valence electrons. The van der Waals surface area contributed by atoms with Gasteiger partial charge in [-0.1, -0.05) is 18.2 Å². The van der Waals surface area contributed by atoms with Gasteiger partial charge in [-0.3, -0.25) is 10.1 Å². The highest BCUT2D eigenvalue weighted by atomic mass is 32.1. The van der Waals surface area contributed by atoms with Crippen molar-refractivity contribution in [2.24, 2.45) is 4.99 Å². The molecule has 0 amide bonds. The summed E-state index contributed by atoms with van der Waals surface area (Å²) in [4.78, 5) is 8.32. The third kappa shape index (κ3) is 2.55. The van der Waals surface area contributed by atoms with Crippen molar-refractivity contribution in [1.82, 2.24) is 10.2 Å². The van der Waals surface area contributed by atoms with Gasteiger partial charge in [-0.05, 0) is 70.1 Å². The Bertz CT molecular complexity index is 1310. The molecule has 0 unspecified atom stereocenters. The maximum Gasteiger partial charge on any atom is 0.0750 e. The molecule has 3 nitrogen and oxygen atoms in total. The summed E-state index contributed by atoms with van der Waals surface area (Å²) in [6.45, 7) is 0.767. The zero-order valence-electron chi connectivity index (χ0n) is 14.8. The fourth-order valence-electron chi connectivity index (χ4n) is 3.73. The lowest BCUT2D eigenvalue weighted by Crippen LogP contribution is -1.90. The van der Waals surface area contributed by atoms with Crippen LogP contribution in [-0.2, 0) is 6.54 Å². The van der Waals surface area contributed by atoms with Crippen LogP contribution in [0.4, 0.5) is 0 Å². The van der Waals surface area contributed by atoms with E-state index in [0.29, 0.717) is 0 Å². The summed E-state index contributed by atoms with van der Waals surface area (Å²) >= 11 is 3.64. The number of aliphatic imine (C=N–C) groups is 1. The van der Waals surface area contributed by atoms with Crippen molar-refractivity contribution >= 4 is 39.0 Å². The van der Waals surface area contributed by atoms with Crippen molar-refractivity contribution < 1.29 is 0 Å². The van der Waals surface area contributed by atoms with E-state index in [9.17, 15) is 0 Å². The van der Waals surface area contributed by atoms with Gasteiger partial charge in [0.1, 0.15) is 0 Å². The summed E-state index contributed by atoms with van der Waals surface area (Å²) in [7, 11) is 0. The molecule has 0 fully saturated rings.